The lowest BCUT2D eigenvalue weighted by atomic mass is 10.1. The maximum absolute atomic E-state index is 13.5. The third kappa shape index (κ3) is 3.94. The van der Waals surface area contributed by atoms with Crippen LogP contribution in [0.1, 0.15) is 5.56 Å². The number of rotatable bonds is 8. The fraction of sp³-hybridized carbons (Fsp3) is 0.192. The van der Waals surface area contributed by atoms with E-state index in [1.807, 2.05) is 30.3 Å². The quantitative estimate of drug-likeness (QED) is 0.398. The van der Waals surface area contributed by atoms with E-state index in [-0.39, 0.29) is 46.3 Å². The Bertz CT molecular complexity index is 1360. The van der Waals surface area contributed by atoms with E-state index < -0.39 is 11.2 Å². The van der Waals surface area contributed by atoms with Gasteiger partial charge < -0.3 is 33.2 Å². The Hall–Kier alpha value is -4.33. The zero-order valence-electron chi connectivity index (χ0n) is 19.2. The largest absolute Gasteiger partial charge is 0.504 e. The second kappa shape index (κ2) is 9.66. The number of ether oxygens (including phenoxy) is 5. The molecular weight excluding hydrogens is 440 g/mol. The highest BCUT2D eigenvalue weighted by molar-refractivity contribution is 5.96. The van der Waals surface area contributed by atoms with Crippen molar-refractivity contribution in [2.45, 2.75) is 6.61 Å². The highest BCUT2D eigenvalue weighted by atomic mass is 16.5. The maximum Gasteiger partial charge on any atom is 0.239 e. The number of hydrogen-bond donors (Lipinski definition) is 1. The number of methoxy groups -OCH3 is 4. The predicted molar refractivity (Wildman–Crippen MR) is 127 cm³/mol. The van der Waals surface area contributed by atoms with Crippen molar-refractivity contribution in [1.29, 1.82) is 0 Å². The molecule has 0 unspecified atom stereocenters. The molecule has 0 radical (unpaired) electrons. The summed E-state index contributed by atoms with van der Waals surface area (Å²) in [5, 5.41) is 10.8. The molecule has 3 aromatic carbocycles. The van der Waals surface area contributed by atoms with E-state index in [0.717, 1.165) is 5.56 Å². The van der Waals surface area contributed by atoms with Crippen LogP contribution in [0.2, 0.25) is 0 Å². The van der Waals surface area contributed by atoms with Gasteiger partial charge in [-0.1, -0.05) is 30.3 Å². The average Bonchev–Trinajstić information content (AvgIpc) is 2.88. The molecule has 8 nitrogen and oxygen atoms in total. The van der Waals surface area contributed by atoms with Crippen molar-refractivity contribution < 1.29 is 33.2 Å². The molecule has 8 heteroatoms. The van der Waals surface area contributed by atoms with Crippen molar-refractivity contribution >= 4 is 11.0 Å². The van der Waals surface area contributed by atoms with E-state index >= 15 is 0 Å². The van der Waals surface area contributed by atoms with Gasteiger partial charge in [-0.25, -0.2) is 0 Å². The Morgan fingerprint density at radius 1 is 0.765 bits per heavy atom. The van der Waals surface area contributed by atoms with Gasteiger partial charge in [0.25, 0.3) is 0 Å². The lowest BCUT2D eigenvalue weighted by Gasteiger charge is -2.18. The molecule has 1 N–H and O–H groups in total. The topological polar surface area (TPSA) is 96.6 Å². The Morgan fingerprint density at radius 3 is 2.00 bits per heavy atom. The van der Waals surface area contributed by atoms with Gasteiger partial charge in [0.2, 0.25) is 28.4 Å². The minimum Gasteiger partial charge on any atom is -0.504 e. The first-order chi connectivity index (χ1) is 16.5. The molecule has 0 amide bonds. The molecule has 0 aliphatic heterocycles. The molecular formula is C26H24O8. The summed E-state index contributed by atoms with van der Waals surface area (Å²) in [6, 6.07) is 16.4. The Balaban J connectivity index is 2.01. The molecule has 176 valence electrons. The molecule has 1 heterocycles. The van der Waals surface area contributed by atoms with Gasteiger partial charge in [0.05, 0.1) is 28.4 Å². The first-order valence-electron chi connectivity index (χ1n) is 10.4. The molecule has 0 saturated carbocycles. The molecule has 34 heavy (non-hydrogen) atoms. The van der Waals surface area contributed by atoms with Crippen LogP contribution in [-0.4, -0.2) is 33.5 Å². The van der Waals surface area contributed by atoms with Crippen LogP contribution in [0.4, 0.5) is 0 Å². The van der Waals surface area contributed by atoms with Crippen molar-refractivity contribution in [2.24, 2.45) is 0 Å². The third-order valence-corrected chi connectivity index (χ3v) is 5.33. The fourth-order valence-electron chi connectivity index (χ4n) is 3.67. The van der Waals surface area contributed by atoms with E-state index in [9.17, 15) is 9.90 Å². The van der Waals surface area contributed by atoms with Gasteiger partial charge in [-0.3, -0.25) is 4.79 Å². The number of hydrogen-bond acceptors (Lipinski definition) is 8. The van der Waals surface area contributed by atoms with Gasteiger partial charge in [-0.2, -0.15) is 0 Å². The maximum atomic E-state index is 13.5. The molecule has 0 aliphatic carbocycles. The standard InChI is InChI=1S/C26H24O8/c1-29-17-12-10-16(11-13-17)21-23(30-2)19(27)18-20(28)24(31-3)25(32-4)26(22(18)34-21)33-14-15-8-6-5-7-9-15/h5-13,28H,14H2,1-4H3. The zero-order chi connectivity index (χ0) is 24.2. The molecule has 0 bridgehead atoms. The lowest BCUT2D eigenvalue weighted by Crippen LogP contribution is -2.10. The number of phenolic OH excluding ortho intramolecular Hbond substituents is 1. The summed E-state index contributed by atoms with van der Waals surface area (Å²) >= 11 is 0. The van der Waals surface area contributed by atoms with E-state index in [4.69, 9.17) is 28.1 Å². The van der Waals surface area contributed by atoms with Gasteiger partial charge in [0.15, 0.2) is 17.1 Å². The molecule has 0 saturated heterocycles. The molecule has 0 atom stereocenters. The van der Waals surface area contributed by atoms with Crippen molar-refractivity contribution in [3.05, 3.63) is 70.4 Å². The summed E-state index contributed by atoms with van der Waals surface area (Å²) < 4.78 is 33.7. The average molecular weight is 464 g/mol. The number of aromatic hydroxyl groups is 1. The van der Waals surface area contributed by atoms with Gasteiger partial charge >= 0.3 is 0 Å². The highest BCUT2D eigenvalue weighted by Crippen LogP contribution is 2.51. The lowest BCUT2D eigenvalue weighted by molar-refractivity contribution is 0.270. The van der Waals surface area contributed by atoms with Gasteiger partial charge in [-0.15, -0.1) is 0 Å². The Morgan fingerprint density at radius 2 is 1.41 bits per heavy atom. The van der Waals surface area contributed by atoms with E-state index in [1.54, 1.807) is 31.4 Å². The van der Waals surface area contributed by atoms with Crippen LogP contribution < -0.4 is 29.1 Å². The SMILES string of the molecule is COc1ccc(-c2oc3c(OCc4ccccc4)c(OC)c(OC)c(O)c3c(=O)c2OC)cc1. The molecule has 4 rings (SSSR count). The Labute approximate surface area is 195 Å². The van der Waals surface area contributed by atoms with E-state index in [0.29, 0.717) is 11.3 Å². The molecule has 0 aliphatic rings. The van der Waals surface area contributed by atoms with Crippen LogP contribution in [0, 0.1) is 0 Å². The molecule has 0 spiro atoms. The van der Waals surface area contributed by atoms with Crippen LogP contribution in [0.25, 0.3) is 22.3 Å². The van der Waals surface area contributed by atoms with Crippen molar-refractivity contribution in [3.63, 3.8) is 0 Å². The summed E-state index contributed by atoms with van der Waals surface area (Å²) in [5.41, 5.74) is 0.871. The Kier molecular flexibility index (Phi) is 6.49. The van der Waals surface area contributed by atoms with Crippen LogP contribution in [-0.2, 0) is 6.61 Å². The summed E-state index contributed by atoms with van der Waals surface area (Å²) in [6.45, 7) is 0.161. The predicted octanol–water partition coefficient (Wildman–Crippen LogP) is 4.78. The van der Waals surface area contributed by atoms with Crippen LogP contribution in [0.15, 0.2) is 63.8 Å². The van der Waals surface area contributed by atoms with Gasteiger partial charge in [0.1, 0.15) is 17.7 Å². The van der Waals surface area contributed by atoms with Gasteiger partial charge in [0, 0.05) is 5.56 Å². The first kappa shape index (κ1) is 22.8. The second-order valence-electron chi connectivity index (χ2n) is 7.24. The molecule has 0 fully saturated rings. The minimum absolute atomic E-state index is 0.00250. The number of fused-ring (bicyclic) bond motifs is 1. The van der Waals surface area contributed by atoms with E-state index in [1.165, 1.54) is 21.3 Å². The van der Waals surface area contributed by atoms with Crippen molar-refractivity contribution in [3.8, 4) is 45.8 Å². The minimum atomic E-state index is -0.586. The number of phenols is 1. The second-order valence-corrected chi connectivity index (χ2v) is 7.24. The summed E-state index contributed by atoms with van der Waals surface area (Å²) in [5.74, 6) is 0.456. The number of benzene rings is 3. The molecule has 1 aromatic heterocycles. The van der Waals surface area contributed by atoms with Crippen LogP contribution in [0.5, 0.6) is 34.5 Å². The normalized spacial score (nSPS) is 10.7. The summed E-state index contributed by atoms with van der Waals surface area (Å²) in [4.78, 5) is 13.5. The van der Waals surface area contributed by atoms with Crippen molar-refractivity contribution in [1.82, 2.24) is 0 Å². The van der Waals surface area contributed by atoms with E-state index in [2.05, 4.69) is 0 Å². The fourth-order valence-corrected chi connectivity index (χ4v) is 3.67. The third-order valence-electron chi connectivity index (χ3n) is 5.33. The molecule has 4 aromatic rings. The van der Waals surface area contributed by atoms with Crippen molar-refractivity contribution in [2.75, 3.05) is 28.4 Å². The smallest absolute Gasteiger partial charge is 0.239 e. The first-order valence-corrected chi connectivity index (χ1v) is 10.4. The van der Waals surface area contributed by atoms with Gasteiger partial charge in [-0.05, 0) is 29.8 Å². The highest BCUT2D eigenvalue weighted by Gasteiger charge is 2.29. The summed E-state index contributed by atoms with van der Waals surface area (Å²) in [7, 11) is 5.68. The summed E-state index contributed by atoms with van der Waals surface area (Å²) in [6.07, 6.45) is 0. The van der Waals surface area contributed by atoms with Crippen LogP contribution >= 0.6 is 0 Å². The zero-order valence-corrected chi connectivity index (χ0v) is 19.2. The monoisotopic (exact) mass is 464 g/mol. The van der Waals surface area contributed by atoms with Crippen LogP contribution in [0.3, 0.4) is 0 Å².